The van der Waals surface area contributed by atoms with Crippen molar-refractivity contribution >= 4 is 0 Å². The number of benzene rings is 1. The van der Waals surface area contributed by atoms with Crippen LogP contribution in [0.25, 0.3) is 0 Å². The van der Waals surface area contributed by atoms with Crippen molar-refractivity contribution in [2.75, 3.05) is 0 Å². The summed E-state index contributed by atoms with van der Waals surface area (Å²) in [6.45, 7) is 8.33. The minimum atomic E-state index is 0.900. The first-order valence-electron chi connectivity index (χ1n) is 5.70. The van der Waals surface area contributed by atoms with Crippen LogP contribution in [0, 0.1) is 6.92 Å². The van der Waals surface area contributed by atoms with Gasteiger partial charge in [-0.3, -0.25) is 0 Å². The number of rotatable bonds is 4. The van der Waals surface area contributed by atoms with Crippen molar-refractivity contribution in [2.24, 2.45) is 0 Å². The summed E-state index contributed by atoms with van der Waals surface area (Å²) in [7, 11) is 0. The number of hydrogen-bond donors (Lipinski definition) is 0. The summed E-state index contributed by atoms with van der Waals surface area (Å²) in [5, 5.41) is 0. The lowest BCUT2D eigenvalue weighted by molar-refractivity contribution is 0.409. The quantitative estimate of drug-likeness (QED) is 0.526. The van der Waals surface area contributed by atoms with E-state index in [1.54, 1.807) is 0 Å². The predicted molar refractivity (Wildman–Crippen MR) is 69.6 cm³/mol. The lowest BCUT2D eigenvalue weighted by Gasteiger charge is -2.07. The molecular weight excluding hydrogens is 196 g/mol. The maximum Gasteiger partial charge on any atom is 0.126 e. The predicted octanol–water partition coefficient (Wildman–Crippen LogP) is 4.63. The lowest BCUT2D eigenvalue weighted by Crippen LogP contribution is -1.93. The lowest BCUT2D eigenvalue weighted by atomic mass is 10.2. The van der Waals surface area contributed by atoms with Gasteiger partial charge in [0.15, 0.2) is 0 Å². The molecule has 0 radical (unpaired) electrons. The van der Waals surface area contributed by atoms with E-state index in [9.17, 15) is 0 Å². The molecule has 1 rings (SSSR count). The largest absolute Gasteiger partial charge is 0.462 e. The van der Waals surface area contributed by atoms with Crippen molar-refractivity contribution in [1.82, 2.24) is 0 Å². The smallest absolute Gasteiger partial charge is 0.126 e. The molecule has 0 N–H and O–H groups in total. The summed E-state index contributed by atoms with van der Waals surface area (Å²) in [4.78, 5) is 0. The first-order valence-corrected chi connectivity index (χ1v) is 5.70. The highest BCUT2D eigenvalue weighted by atomic mass is 16.5. The molecule has 0 aliphatic heterocycles. The van der Waals surface area contributed by atoms with Gasteiger partial charge in [-0.15, -0.1) is 0 Å². The van der Waals surface area contributed by atoms with Gasteiger partial charge in [-0.25, -0.2) is 0 Å². The fourth-order valence-electron chi connectivity index (χ4n) is 1.24. The maximum atomic E-state index is 5.79. The minimum absolute atomic E-state index is 0.900. The topological polar surface area (TPSA) is 9.23 Å². The van der Waals surface area contributed by atoms with E-state index in [0.717, 1.165) is 17.9 Å². The Balaban J connectivity index is 2.74. The number of allylic oxidation sites excluding steroid dienone is 4. The van der Waals surface area contributed by atoms with Gasteiger partial charge in [0.05, 0.1) is 0 Å². The summed E-state index contributed by atoms with van der Waals surface area (Å²) >= 11 is 0. The molecule has 0 spiro atoms. The fraction of sp³-hybridized carbons (Fsp3) is 0.333. The van der Waals surface area contributed by atoms with Crippen molar-refractivity contribution in [1.29, 1.82) is 0 Å². The molecule has 0 aliphatic rings. The average molecular weight is 216 g/mol. The summed E-state index contributed by atoms with van der Waals surface area (Å²) in [6.07, 6.45) is 5.01. The molecule has 86 valence electrons. The molecule has 0 bridgehead atoms. The Bertz CT molecular complexity index is 378. The van der Waals surface area contributed by atoms with Crippen LogP contribution in [-0.4, -0.2) is 0 Å². The van der Waals surface area contributed by atoms with Crippen LogP contribution < -0.4 is 4.74 Å². The van der Waals surface area contributed by atoms with E-state index >= 15 is 0 Å². The van der Waals surface area contributed by atoms with Crippen LogP contribution in [-0.2, 0) is 0 Å². The molecule has 0 aromatic heterocycles. The zero-order valence-electron chi connectivity index (χ0n) is 10.6. The zero-order valence-corrected chi connectivity index (χ0v) is 10.6. The van der Waals surface area contributed by atoms with E-state index in [2.05, 4.69) is 45.9 Å². The van der Waals surface area contributed by atoms with Gasteiger partial charge in [-0.2, -0.15) is 0 Å². The second-order valence-electron chi connectivity index (χ2n) is 4.15. The summed E-state index contributed by atoms with van der Waals surface area (Å²) in [5.74, 6) is 1.89. The Kier molecular flexibility index (Phi) is 4.84. The highest BCUT2D eigenvalue weighted by Crippen LogP contribution is 2.16. The fourth-order valence-corrected chi connectivity index (χ4v) is 1.24. The van der Waals surface area contributed by atoms with Crippen LogP contribution in [0.4, 0.5) is 0 Å². The minimum Gasteiger partial charge on any atom is -0.462 e. The Labute approximate surface area is 98.5 Å². The third-order valence-electron chi connectivity index (χ3n) is 2.22. The monoisotopic (exact) mass is 216 g/mol. The summed E-state index contributed by atoms with van der Waals surface area (Å²) in [5.41, 5.74) is 2.53. The van der Waals surface area contributed by atoms with Crippen LogP contribution >= 0.6 is 0 Å². The van der Waals surface area contributed by atoms with E-state index in [-0.39, 0.29) is 0 Å². The SMILES string of the molecule is CC/C(=C\C=C(C)C)Oc1ccc(C)cc1. The maximum absolute atomic E-state index is 5.79. The number of aryl methyl sites for hydroxylation is 1. The second-order valence-corrected chi connectivity index (χ2v) is 4.15. The van der Waals surface area contributed by atoms with E-state index in [1.807, 2.05) is 18.2 Å². The third-order valence-corrected chi connectivity index (χ3v) is 2.22. The number of hydrogen-bond acceptors (Lipinski definition) is 1. The van der Waals surface area contributed by atoms with Crippen molar-refractivity contribution in [3.63, 3.8) is 0 Å². The Morgan fingerprint density at radius 3 is 2.25 bits per heavy atom. The van der Waals surface area contributed by atoms with Crippen LogP contribution in [0.5, 0.6) is 5.75 Å². The van der Waals surface area contributed by atoms with Gasteiger partial charge in [0, 0.05) is 6.42 Å². The standard InChI is InChI=1S/C15H20O/c1-5-14(9-6-12(2)3)16-15-10-7-13(4)8-11-15/h6-11H,5H2,1-4H3/b14-9+. The first-order chi connectivity index (χ1) is 7.61. The molecule has 0 atom stereocenters. The molecule has 0 saturated carbocycles. The van der Waals surface area contributed by atoms with Crippen molar-refractivity contribution < 1.29 is 4.74 Å². The van der Waals surface area contributed by atoms with Gasteiger partial charge in [0.2, 0.25) is 0 Å². The van der Waals surface area contributed by atoms with Gasteiger partial charge in [-0.05, 0) is 39.0 Å². The number of ether oxygens (including phenoxy) is 1. The van der Waals surface area contributed by atoms with E-state index in [1.165, 1.54) is 11.1 Å². The van der Waals surface area contributed by atoms with Gasteiger partial charge in [-0.1, -0.05) is 36.3 Å². The van der Waals surface area contributed by atoms with Crippen molar-refractivity contribution in [3.05, 3.63) is 53.3 Å². The van der Waals surface area contributed by atoms with Gasteiger partial charge in [0.1, 0.15) is 11.5 Å². The molecule has 1 aromatic carbocycles. The highest BCUT2D eigenvalue weighted by Gasteiger charge is 1.97. The molecule has 1 heteroatoms. The van der Waals surface area contributed by atoms with Gasteiger partial charge in [0.25, 0.3) is 0 Å². The first kappa shape index (κ1) is 12.6. The molecule has 0 heterocycles. The van der Waals surface area contributed by atoms with Crippen LogP contribution in [0.3, 0.4) is 0 Å². The molecule has 0 unspecified atom stereocenters. The highest BCUT2D eigenvalue weighted by molar-refractivity contribution is 5.28. The van der Waals surface area contributed by atoms with E-state index in [0.29, 0.717) is 0 Å². The molecule has 0 amide bonds. The van der Waals surface area contributed by atoms with E-state index < -0.39 is 0 Å². The summed E-state index contributed by atoms with van der Waals surface area (Å²) in [6, 6.07) is 8.12. The second kappa shape index (κ2) is 6.16. The third kappa shape index (κ3) is 4.35. The summed E-state index contributed by atoms with van der Waals surface area (Å²) < 4.78 is 5.79. The molecular formula is C15H20O. The van der Waals surface area contributed by atoms with Crippen LogP contribution in [0.2, 0.25) is 0 Å². The van der Waals surface area contributed by atoms with Gasteiger partial charge >= 0.3 is 0 Å². The Morgan fingerprint density at radius 2 is 1.75 bits per heavy atom. The average Bonchev–Trinajstić information content (AvgIpc) is 2.26. The van der Waals surface area contributed by atoms with Crippen LogP contribution in [0.15, 0.2) is 47.7 Å². The van der Waals surface area contributed by atoms with Gasteiger partial charge < -0.3 is 4.74 Å². The van der Waals surface area contributed by atoms with Crippen molar-refractivity contribution in [2.45, 2.75) is 34.1 Å². The molecule has 1 aromatic rings. The molecule has 0 aliphatic carbocycles. The van der Waals surface area contributed by atoms with E-state index in [4.69, 9.17) is 4.74 Å². The zero-order chi connectivity index (χ0) is 12.0. The Morgan fingerprint density at radius 1 is 1.12 bits per heavy atom. The Hall–Kier alpha value is -1.50. The molecule has 0 fully saturated rings. The molecule has 1 nitrogen and oxygen atoms in total. The van der Waals surface area contributed by atoms with Crippen molar-refractivity contribution in [3.8, 4) is 5.75 Å². The molecule has 0 saturated heterocycles. The normalized spacial score (nSPS) is 11.1. The van der Waals surface area contributed by atoms with Crippen LogP contribution in [0.1, 0.15) is 32.8 Å². The molecule has 16 heavy (non-hydrogen) atoms.